The van der Waals surface area contributed by atoms with Crippen molar-refractivity contribution >= 4 is 11.4 Å². The lowest BCUT2D eigenvalue weighted by atomic mass is 10.2. The molecule has 4 nitrogen and oxygen atoms in total. The molecule has 0 unspecified atom stereocenters. The first-order valence-electron chi connectivity index (χ1n) is 5.19. The van der Waals surface area contributed by atoms with Gasteiger partial charge in [-0.1, -0.05) is 0 Å². The van der Waals surface area contributed by atoms with Crippen molar-refractivity contribution in [1.82, 2.24) is 4.90 Å². The van der Waals surface area contributed by atoms with Crippen LogP contribution in [0.4, 0.5) is 11.4 Å². The zero-order chi connectivity index (χ0) is 10.8. The van der Waals surface area contributed by atoms with Crippen LogP contribution in [0.25, 0.3) is 0 Å². The van der Waals surface area contributed by atoms with Gasteiger partial charge in [0.15, 0.2) is 0 Å². The monoisotopic (exact) mass is 207 g/mol. The van der Waals surface area contributed by atoms with Crippen molar-refractivity contribution in [3.8, 4) is 5.75 Å². The molecule has 0 spiro atoms. The van der Waals surface area contributed by atoms with Crippen LogP contribution in [0.3, 0.4) is 0 Å². The Morgan fingerprint density at radius 3 is 2.47 bits per heavy atom. The molecule has 1 aliphatic heterocycles. The number of phenols is 1. The van der Waals surface area contributed by atoms with E-state index in [9.17, 15) is 5.11 Å². The lowest BCUT2D eigenvalue weighted by Gasteiger charge is -2.34. The minimum absolute atomic E-state index is 0.160. The van der Waals surface area contributed by atoms with Crippen molar-refractivity contribution in [3.05, 3.63) is 18.2 Å². The van der Waals surface area contributed by atoms with Gasteiger partial charge in [0, 0.05) is 31.9 Å². The minimum atomic E-state index is 0.160. The second-order valence-corrected chi connectivity index (χ2v) is 4.03. The highest BCUT2D eigenvalue weighted by Gasteiger charge is 2.14. The fraction of sp³-hybridized carbons (Fsp3) is 0.455. The van der Waals surface area contributed by atoms with E-state index in [2.05, 4.69) is 16.8 Å². The number of phenolic OH excluding ortho intramolecular Hbond substituents is 1. The molecule has 1 aliphatic rings. The van der Waals surface area contributed by atoms with Crippen LogP contribution in [0.1, 0.15) is 0 Å². The van der Waals surface area contributed by atoms with Crippen molar-refractivity contribution in [2.45, 2.75) is 0 Å². The number of likely N-dealkylation sites (N-methyl/N-ethyl adjacent to an activating group) is 1. The average molecular weight is 207 g/mol. The van der Waals surface area contributed by atoms with Gasteiger partial charge in [-0.25, -0.2) is 0 Å². The molecule has 1 aromatic rings. The lowest BCUT2D eigenvalue weighted by Crippen LogP contribution is -2.44. The van der Waals surface area contributed by atoms with Gasteiger partial charge in [0.25, 0.3) is 0 Å². The van der Waals surface area contributed by atoms with E-state index in [4.69, 9.17) is 5.73 Å². The Hall–Kier alpha value is -1.42. The number of piperazine rings is 1. The van der Waals surface area contributed by atoms with Gasteiger partial charge >= 0.3 is 0 Å². The van der Waals surface area contributed by atoms with Gasteiger partial charge < -0.3 is 20.6 Å². The van der Waals surface area contributed by atoms with Gasteiger partial charge in [0.1, 0.15) is 5.75 Å². The first kappa shape index (κ1) is 10.1. The Balaban J connectivity index is 2.12. The summed E-state index contributed by atoms with van der Waals surface area (Å²) in [5.74, 6) is 0.160. The molecule has 1 heterocycles. The van der Waals surface area contributed by atoms with Gasteiger partial charge in [0.2, 0.25) is 0 Å². The SMILES string of the molecule is CN1CCN(c2ccc(O)c(N)c2)CC1. The van der Waals surface area contributed by atoms with E-state index in [1.165, 1.54) is 0 Å². The summed E-state index contributed by atoms with van der Waals surface area (Å²) in [4.78, 5) is 4.59. The molecular formula is C11H17N3O. The third-order valence-corrected chi connectivity index (χ3v) is 2.88. The van der Waals surface area contributed by atoms with Crippen molar-refractivity contribution in [3.63, 3.8) is 0 Å². The Bertz CT molecular complexity index is 346. The molecule has 0 amide bonds. The van der Waals surface area contributed by atoms with Gasteiger partial charge in [-0.15, -0.1) is 0 Å². The van der Waals surface area contributed by atoms with Gasteiger partial charge in [-0.3, -0.25) is 0 Å². The second kappa shape index (κ2) is 3.98. The predicted molar refractivity (Wildman–Crippen MR) is 62.2 cm³/mol. The summed E-state index contributed by atoms with van der Waals surface area (Å²) in [6.45, 7) is 4.17. The van der Waals surface area contributed by atoms with E-state index in [-0.39, 0.29) is 5.75 Å². The third kappa shape index (κ3) is 2.15. The predicted octanol–water partition coefficient (Wildman–Crippen LogP) is 0.726. The zero-order valence-electron chi connectivity index (χ0n) is 8.98. The summed E-state index contributed by atoms with van der Waals surface area (Å²) in [5.41, 5.74) is 7.21. The second-order valence-electron chi connectivity index (χ2n) is 4.03. The zero-order valence-corrected chi connectivity index (χ0v) is 8.98. The van der Waals surface area contributed by atoms with Crippen molar-refractivity contribution in [2.24, 2.45) is 0 Å². The maximum absolute atomic E-state index is 9.33. The lowest BCUT2D eigenvalue weighted by molar-refractivity contribution is 0.313. The Morgan fingerprint density at radius 2 is 1.87 bits per heavy atom. The number of aromatic hydroxyl groups is 1. The molecule has 15 heavy (non-hydrogen) atoms. The molecular weight excluding hydrogens is 190 g/mol. The number of hydrogen-bond acceptors (Lipinski definition) is 4. The smallest absolute Gasteiger partial charge is 0.138 e. The summed E-state index contributed by atoms with van der Waals surface area (Å²) < 4.78 is 0. The Kier molecular flexibility index (Phi) is 2.68. The van der Waals surface area contributed by atoms with Crippen LogP contribution >= 0.6 is 0 Å². The molecule has 4 heteroatoms. The summed E-state index contributed by atoms with van der Waals surface area (Å²) in [6.07, 6.45) is 0. The highest BCUT2D eigenvalue weighted by atomic mass is 16.3. The highest BCUT2D eigenvalue weighted by molar-refractivity contribution is 5.62. The highest BCUT2D eigenvalue weighted by Crippen LogP contribution is 2.26. The van der Waals surface area contributed by atoms with Crippen molar-refractivity contribution in [2.75, 3.05) is 43.9 Å². The summed E-state index contributed by atoms with van der Waals surface area (Å²) in [6, 6.07) is 5.40. The molecule has 0 aliphatic carbocycles. The van der Waals surface area contributed by atoms with E-state index in [0.717, 1.165) is 31.9 Å². The van der Waals surface area contributed by atoms with E-state index in [1.807, 2.05) is 12.1 Å². The normalized spacial score (nSPS) is 18.1. The molecule has 82 valence electrons. The minimum Gasteiger partial charge on any atom is -0.506 e. The van der Waals surface area contributed by atoms with Crippen LogP contribution in [0, 0.1) is 0 Å². The topological polar surface area (TPSA) is 52.7 Å². The summed E-state index contributed by atoms with van der Waals surface area (Å²) in [5, 5.41) is 9.33. The quantitative estimate of drug-likeness (QED) is 0.526. The average Bonchev–Trinajstić information content (AvgIpc) is 2.23. The number of nitrogen functional groups attached to an aromatic ring is 1. The number of rotatable bonds is 1. The summed E-state index contributed by atoms with van der Waals surface area (Å²) in [7, 11) is 2.13. The van der Waals surface area contributed by atoms with E-state index in [1.54, 1.807) is 6.07 Å². The van der Waals surface area contributed by atoms with Crippen LogP contribution in [0.15, 0.2) is 18.2 Å². The molecule has 0 radical (unpaired) electrons. The first-order valence-corrected chi connectivity index (χ1v) is 5.19. The van der Waals surface area contributed by atoms with Crippen LogP contribution in [-0.4, -0.2) is 43.2 Å². The number of anilines is 2. The molecule has 3 N–H and O–H groups in total. The largest absolute Gasteiger partial charge is 0.506 e. The Morgan fingerprint density at radius 1 is 1.20 bits per heavy atom. The van der Waals surface area contributed by atoms with Gasteiger partial charge in [-0.2, -0.15) is 0 Å². The molecule has 0 atom stereocenters. The van der Waals surface area contributed by atoms with E-state index < -0.39 is 0 Å². The molecule has 0 saturated carbocycles. The third-order valence-electron chi connectivity index (χ3n) is 2.88. The van der Waals surface area contributed by atoms with Gasteiger partial charge in [-0.05, 0) is 25.2 Å². The molecule has 1 saturated heterocycles. The molecule has 0 aromatic heterocycles. The van der Waals surface area contributed by atoms with Crippen LogP contribution < -0.4 is 10.6 Å². The maximum atomic E-state index is 9.33. The number of hydrogen-bond donors (Lipinski definition) is 2. The first-order chi connectivity index (χ1) is 7.16. The van der Waals surface area contributed by atoms with E-state index >= 15 is 0 Å². The number of nitrogens with two attached hydrogens (primary N) is 1. The molecule has 0 bridgehead atoms. The fourth-order valence-electron chi connectivity index (χ4n) is 1.80. The summed E-state index contributed by atoms with van der Waals surface area (Å²) >= 11 is 0. The number of benzene rings is 1. The fourth-order valence-corrected chi connectivity index (χ4v) is 1.80. The van der Waals surface area contributed by atoms with Crippen molar-refractivity contribution < 1.29 is 5.11 Å². The van der Waals surface area contributed by atoms with E-state index in [0.29, 0.717) is 5.69 Å². The van der Waals surface area contributed by atoms with Crippen molar-refractivity contribution in [1.29, 1.82) is 0 Å². The van der Waals surface area contributed by atoms with Gasteiger partial charge in [0.05, 0.1) is 5.69 Å². The standard InChI is InChI=1S/C11H17N3O/c1-13-4-6-14(7-5-13)9-2-3-11(15)10(12)8-9/h2-3,8,15H,4-7,12H2,1H3. The Labute approximate surface area is 89.9 Å². The molecule has 1 aromatic carbocycles. The van der Waals surface area contributed by atoms with Crippen LogP contribution in [0.2, 0.25) is 0 Å². The van der Waals surface area contributed by atoms with Crippen LogP contribution in [0.5, 0.6) is 5.75 Å². The number of nitrogens with zero attached hydrogens (tertiary/aromatic N) is 2. The van der Waals surface area contributed by atoms with Crippen LogP contribution in [-0.2, 0) is 0 Å². The maximum Gasteiger partial charge on any atom is 0.138 e. The molecule has 2 rings (SSSR count). The molecule has 1 fully saturated rings.